The van der Waals surface area contributed by atoms with Gasteiger partial charge in [-0.05, 0) is 73.6 Å². The van der Waals surface area contributed by atoms with E-state index >= 15 is 0 Å². The average molecular weight is 436 g/mol. The molecule has 3 aromatic rings. The lowest BCUT2D eigenvalue weighted by Gasteiger charge is -2.35. The number of ether oxygens (including phenoxy) is 2. The monoisotopic (exact) mass is 435 g/mol. The number of aliphatic carboxylic acids is 1. The molecular weight excluding hydrogens is 412 g/mol. The van der Waals surface area contributed by atoms with E-state index < -0.39 is 11.5 Å². The van der Waals surface area contributed by atoms with E-state index in [4.69, 9.17) is 14.5 Å². The molecule has 1 aliphatic rings. The van der Waals surface area contributed by atoms with Crippen LogP contribution in [0.5, 0.6) is 11.5 Å². The number of thiazole rings is 1. The van der Waals surface area contributed by atoms with Crippen LogP contribution in [-0.2, 0) is 10.3 Å². The molecule has 0 fully saturated rings. The van der Waals surface area contributed by atoms with Gasteiger partial charge in [-0.25, -0.2) is 4.98 Å². The van der Waals surface area contributed by atoms with Gasteiger partial charge in [-0.2, -0.15) is 0 Å². The summed E-state index contributed by atoms with van der Waals surface area (Å²) in [6, 6.07) is 15.7. The van der Waals surface area contributed by atoms with Crippen LogP contribution in [0.2, 0.25) is 0 Å². The Morgan fingerprint density at radius 1 is 1.06 bits per heavy atom. The lowest BCUT2D eigenvalue weighted by molar-refractivity contribution is -0.306. The molecule has 4 rings (SSSR count). The molecule has 31 heavy (non-hydrogen) atoms. The average Bonchev–Trinajstić information content (AvgIpc) is 3.39. The molecule has 2 heterocycles. The molecule has 0 aliphatic carbocycles. The highest BCUT2D eigenvalue weighted by molar-refractivity contribution is 7.15. The quantitative estimate of drug-likeness (QED) is 0.564. The van der Waals surface area contributed by atoms with E-state index in [-0.39, 0.29) is 6.54 Å². The second-order valence-electron chi connectivity index (χ2n) is 7.52. The number of carbonyl (C=O) groups is 1. The van der Waals surface area contributed by atoms with Crippen molar-refractivity contribution in [2.45, 2.75) is 18.9 Å². The molecule has 0 saturated heterocycles. The van der Waals surface area contributed by atoms with E-state index in [1.165, 1.54) is 0 Å². The van der Waals surface area contributed by atoms with Gasteiger partial charge in [0.1, 0.15) is 16.5 Å². The first-order valence-corrected chi connectivity index (χ1v) is 10.7. The largest absolute Gasteiger partial charge is 0.548 e. The molecule has 0 spiro atoms. The van der Waals surface area contributed by atoms with Gasteiger partial charge in [-0.3, -0.25) is 0 Å². The minimum Gasteiger partial charge on any atom is -0.548 e. The Morgan fingerprint density at radius 3 is 2.19 bits per heavy atom. The van der Waals surface area contributed by atoms with E-state index in [0.29, 0.717) is 6.42 Å². The highest BCUT2D eigenvalue weighted by Gasteiger charge is 2.38. The molecule has 6 nitrogen and oxygen atoms in total. The van der Waals surface area contributed by atoms with E-state index in [0.717, 1.165) is 38.2 Å². The van der Waals surface area contributed by atoms with Gasteiger partial charge in [0.05, 0.1) is 42.8 Å². The fourth-order valence-corrected chi connectivity index (χ4v) is 4.97. The van der Waals surface area contributed by atoms with Crippen LogP contribution in [0.15, 0.2) is 60.8 Å². The van der Waals surface area contributed by atoms with Crippen LogP contribution in [0.3, 0.4) is 0 Å². The predicted octanol–water partition coefficient (Wildman–Crippen LogP) is 3.68. The van der Waals surface area contributed by atoms with E-state index in [2.05, 4.69) is 0 Å². The Bertz CT molecular complexity index is 1040. The summed E-state index contributed by atoms with van der Waals surface area (Å²) in [7, 11) is 3.28. The lowest BCUT2D eigenvalue weighted by Crippen LogP contribution is -2.44. The fourth-order valence-electron chi connectivity index (χ4n) is 3.70. The standard InChI is InChI=1S/C24H24N2O4S/c1-24(13-4-14-26(24)15-20(27)28)23-25-21(16-5-9-18(29-2)10-6-16)22(31-23)17-7-11-19(30-3)12-8-17/h4-12,14H,13,15H2,1-3H3,(H,27,28)/p-1. The fraction of sp³-hybridized carbons (Fsp3) is 0.250. The molecule has 0 N–H and O–H groups in total. The van der Waals surface area contributed by atoms with Gasteiger partial charge in [0.15, 0.2) is 0 Å². The third-order valence-electron chi connectivity index (χ3n) is 5.54. The zero-order chi connectivity index (χ0) is 22.0. The molecule has 0 bridgehead atoms. The van der Waals surface area contributed by atoms with Gasteiger partial charge >= 0.3 is 0 Å². The normalized spacial score (nSPS) is 17.7. The van der Waals surface area contributed by atoms with Crippen LogP contribution in [0.4, 0.5) is 0 Å². The Labute approximate surface area is 185 Å². The Hall–Kier alpha value is -3.32. The summed E-state index contributed by atoms with van der Waals surface area (Å²) in [6.45, 7) is 1.84. The van der Waals surface area contributed by atoms with Crippen LogP contribution in [0.25, 0.3) is 21.7 Å². The molecule has 0 radical (unpaired) electrons. The Kier molecular flexibility index (Phi) is 5.69. The topological polar surface area (TPSA) is 74.7 Å². The summed E-state index contributed by atoms with van der Waals surface area (Å²) < 4.78 is 10.6. The summed E-state index contributed by atoms with van der Waals surface area (Å²) in [6.07, 6.45) is 4.47. The first-order chi connectivity index (χ1) is 14.9. The Morgan fingerprint density at radius 2 is 1.65 bits per heavy atom. The molecule has 1 aromatic heterocycles. The number of carbonyl (C=O) groups excluding carboxylic acids is 1. The summed E-state index contributed by atoms with van der Waals surface area (Å²) in [5.74, 6) is 0.448. The highest BCUT2D eigenvalue weighted by atomic mass is 32.1. The van der Waals surface area contributed by atoms with Crippen molar-refractivity contribution in [2.24, 2.45) is 0 Å². The number of carboxylic acid groups (broad SMARTS) is 1. The van der Waals surface area contributed by atoms with Gasteiger partial charge in [0.25, 0.3) is 0 Å². The maximum atomic E-state index is 11.3. The van der Waals surface area contributed by atoms with Crippen molar-refractivity contribution >= 4 is 17.3 Å². The SMILES string of the molecule is COc1ccc(-c2nc(C3(C)CC=CN3CC(=O)[O-])sc2-c2ccc(OC)cc2)cc1. The number of aromatic nitrogens is 1. The minimum absolute atomic E-state index is 0.178. The summed E-state index contributed by atoms with van der Waals surface area (Å²) in [5.41, 5.74) is 2.30. The third-order valence-corrected chi connectivity index (χ3v) is 6.90. The van der Waals surface area contributed by atoms with Crippen LogP contribution in [0.1, 0.15) is 18.4 Å². The van der Waals surface area contributed by atoms with Crippen molar-refractivity contribution in [1.29, 1.82) is 0 Å². The molecule has 2 aromatic carbocycles. The number of rotatable bonds is 7. The van der Waals surface area contributed by atoms with Crippen molar-refractivity contribution in [2.75, 3.05) is 20.8 Å². The van der Waals surface area contributed by atoms with Crippen LogP contribution < -0.4 is 14.6 Å². The number of methoxy groups -OCH3 is 2. The van der Waals surface area contributed by atoms with E-state index in [1.54, 1.807) is 30.5 Å². The van der Waals surface area contributed by atoms with Crippen LogP contribution in [-0.4, -0.2) is 36.6 Å². The Balaban J connectivity index is 1.82. The maximum Gasteiger partial charge on any atom is 0.120 e. The van der Waals surface area contributed by atoms with Crippen molar-refractivity contribution < 1.29 is 19.4 Å². The van der Waals surface area contributed by atoms with E-state index in [1.807, 2.05) is 67.7 Å². The second kappa shape index (κ2) is 8.43. The molecule has 0 saturated carbocycles. The first kappa shape index (κ1) is 20.9. The number of hydrogen-bond acceptors (Lipinski definition) is 7. The first-order valence-electron chi connectivity index (χ1n) is 9.88. The molecule has 160 valence electrons. The third kappa shape index (κ3) is 4.01. The lowest BCUT2D eigenvalue weighted by atomic mass is 9.99. The van der Waals surface area contributed by atoms with Gasteiger partial charge in [0, 0.05) is 5.56 Å². The zero-order valence-electron chi connectivity index (χ0n) is 17.6. The molecule has 1 unspecified atom stereocenters. The highest BCUT2D eigenvalue weighted by Crippen LogP contribution is 2.45. The van der Waals surface area contributed by atoms with E-state index in [9.17, 15) is 9.90 Å². The van der Waals surface area contributed by atoms with Crippen LogP contribution >= 0.6 is 11.3 Å². The molecule has 0 amide bonds. The van der Waals surface area contributed by atoms with Gasteiger partial charge in [-0.1, -0.05) is 6.08 Å². The number of carboxylic acids is 1. The maximum absolute atomic E-state index is 11.3. The van der Waals surface area contributed by atoms with Gasteiger partial charge < -0.3 is 24.3 Å². The van der Waals surface area contributed by atoms with Crippen molar-refractivity contribution in [3.8, 4) is 33.2 Å². The van der Waals surface area contributed by atoms with Crippen molar-refractivity contribution in [3.63, 3.8) is 0 Å². The molecule has 7 heteroatoms. The molecular formula is C24H23N2O4S-. The minimum atomic E-state index is -1.11. The number of benzene rings is 2. The molecule has 1 atom stereocenters. The summed E-state index contributed by atoms with van der Waals surface area (Å²) in [5, 5.41) is 12.1. The van der Waals surface area contributed by atoms with Crippen LogP contribution in [0, 0.1) is 0 Å². The van der Waals surface area contributed by atoms with Crippen molar-refractivity contribution in [3.05, 3.63) is 65.8 Å². The smallest absolute Gasteiger partial charge is 0.120 e. The summed E-state index contributed by atoms with van der Waals surface area (Å²) >= 11 is 1.58. The second-order valence-corrected chi connectivity index (χ2v) is 8.52. The van der Waals surface area contributed by atoms with Gasteiger partial charge in [-0.15, -0.1) is 11.3 Å². The number of nitrogens with zero attached hydrogens (tertiary/aromatic N) is 2. The van der Waals surface area contributed by atoms with Crippen molar-refractivity contribution in [1.82, 2.24) is 9.88 Å². The predicted molar refractivity (Wildman–Crippen MR) is 119 cm³/mol. The number of hydrogen-bond donors (Lipinski definition) is 0. The zero-order valence-corrected chi connectivity index (χ0v) is 18.4. The van der Waals surface area contributed by atoms with Gasteiger partial charge in [0.2, 0.25) is 0 Å². The molecule has 1 aliphatic heterocycles. The summed E-state index contributed by atoms with van der Waals surface area (Å²) in [4.78, 5) is 19.1.